The standard InChI is InChI=1S/C24H26ClN5O3/c1-2-32-22(31)9-12-30-20-7-5-16(13-18(20)15-26-30)23-27-24(33-28-23)17-6-8-21(19(25)14-17)29-10-3-4-11-29/h5-7,13-15,21H,2-4,8-12H2,1H3. The number of ether oxygens (including phenoxy) is 1. The molecule has 8 nitrogen and oxygen atoms in total. The van der Waals surface area contributed by atoms with Crippen molar-refractivity contribution in [1.29, 1.82) is 0 Å². The van der Waals surface area contributed by atoms with Gasteiger partial charge in [0.25, 0.3) is 5.89 Å². The van der Waals surface area contributed by atoms with Gasteiger partial charge in [0.2, 0.25) is 5.82 Å². The first-order valence-corrected chi connectivity index (χ1v) is 11.8. The molecule has 1 aromatic carbocycles. The van der Waals surface area contributed by atoms with E-state index in [2.05, 4.69) is 26.2 Å². The van der Waals surface area contributed by atoms with Crippen LogP contribution < -0.4 is 0 Å². The van der Waals surface area contributed by atoms with Gasteiger partial charge in [0, 0.05) is 27.6 Å². The highest BCUT2D eigenvalue weighted by Crippen LogP contribution is 2.32. The van der Waals surface area contributed by atoms with E-state index in [0.29, 0.717) is 24.9 Å². The minimum atomic E-state index is -0.227. The highest BCUT2D eigenvalue weighted by Gasteiger charge is 2.27. The van der Waals surface area contributed by atoms with E-state index in [9.17, 15) is 4.79 Å². The lowest BCUT2D eigenvalue weighted by Crippen LogP contribution is -2.33. The van der Waals surface area contributed by atoms with E-state index in [0.717, 1.165) is 46.6 Å². The van der Waals surface area contributed by atoms with E-state index in [4.69, 9.17) is 20.9 Å². The van der Waals surface area contributed by atoms with Crippen LogP contribution in [0.4, 0.5) is 0 Å². The lowest BCUT2D eigenvalue weighted by atomic mass is 10.0. The Bertz CT molecular complexity index is 1220. The number of nitrogens with zero attached hydrogens (tertiary/aromatic N) is 5. The van der Waals surface area contributed by atoms with Gasteiger partial charge in [0.1, 0.15) is 0 Å². The summed E-state index contributed by atoms with van der Waals surface area (Å²) in [7, 11) is 0. The van der Waals surface area contributed by atoms with Crippen molar-refractivity contribution >= 4 is 34.0 Å². The van der Waals surface area contributed by atoms with Gasteiger partial charge in [-0.15, -0.1) is 0 Å². The molecule has 0 saturated carbocycles. The van der Waals surface area contributed by atoms with Gasteiger partial charge in [0.05, 0.1) is 31.3 Å². The van der Waals surface area contributed by atoms with Crippen molar-refractivity contribution in [2.24, 2.45) is 0 Å². The summed E-state index contributed by atoms with van der Waals surface area (Å²) in [6.45, 7) is 4.85. The molecule has 1 saturated heterocycles. The minimum absolute atomic E-state index is 0.227. The summed E-state index contributed by atoms with van der Waals surface area (Å²) in [4.78, 5) is 18.7. The number of allylic oxidation sites excluding steroid dienone is 2. The van der Waals surface area contributed by atoms with Gasteiger partial charge in [-0.1, -0.05) is 22.8 Å². The third kappa shape index (κ3) is 4.58. The molecule has 1 fully saturated rings. The number of hydrogen-bond acceptors (Lipinski definition) is 7. The van der Waals surface area contributed by atoms with Gasteiger partial charge in [0.15, 0.2) is 0 Å². The van der Waals surface area contributed by atoms with Crippen molar-refractivity contribution in [2.45, 2.75) is 45.2 Å². The van der Waals surface area contributed by atoms with Crippen LogP contribution in [0.3, 0.4) is 0 Å². The van der Waals surface area contributed by atoms with Crippen molar-refractivity contribution < 1.29 is 14.1 Å². The number of fused-ring (bicyclic) bond motifs is 1. The number of aryl methyl sites for hydroxylation is 1. The molecule has 0 amide bonds. The molecule has 2 aliphatic rings. The highest BCUT2D eigenvalue weighted by atomic mass is 35.5. The number of benzene rings is 1. The molecule has 3 aromatic rings. The van der Waals surface area contributed by atoms with E-state index in [1.54, 1.807) is 17.8 Å². The summed E-state index contributed by atoms with van der Waals surface area (Å²) in [5, 5.41) is 10.3. The number of rotatable bonds is 7. The maximum Gasteiger partial charge on any atom is 0.307 e. The average Bonchev–Trinajstić information content (AvgIpc) is 3.58. The topological polar surface area (TPSA) is 86.3 Å². The lowest BCUT2D eigenvalue weighted by Gasteiger charge is -2.28. The van der Waals surface area contributed by atoms with Gasteiger partial charge in [-0.05, 0) is 63.6 Å². The van der Waals surface area contributed by atoms with Crippen molar-refractivity contribution in [1.82, 2.24) is 24.8 Å². The SMILES string of the molecule is CCOC(=O)CCn1ncc2cc(-c3noc(C4=CCC(N5CCCC5)C(Cl)=C4)n3)ccc21. The van der Waals surface area contributed by atoms with E-state index in [1.807, 2.05) is 24.3 Å². The van der Waals surface area contributed by atoms with Gasteiger partial charge >= 0.3 is 5.97 Å². The van der Waals surface area contributed by atoms with Gasteiger partial charge < -0.3 is 9.26 Å². The monoisotopic (exact) mass is 467 g/mol. The minimum Gasteiger partial charge on any atom is -0.466 e. The first-order chi connectivity index (χ1) is 16.1. The predicted molar refractivity (Wildman–Crippen MR) is 125 cm³/mol. The number of esters is 1. The quantitative estimate of drug-likeness (QED) is 0.475. The molecule has 0 bridgehead atoms. The Morgan fingerprint density at radius 3 is 2.94 bits per heavy atom. The Labute approximate surface area is 196 Å². The molecule has 172 valence electrons. The molecule has 1 aliphatic carbocycles. The number of likely N-dealkylation sites (tertiary alicyclic amines) is 1. The molecule has 33 heavy (non-hydrogen) atoms. The van der Waals surface area contributed by atoms with Gasteiger partial charge in [-0.25, -0.2) is 0 Å². The lowest BCUT2D eigenvalue weighted by molar-refractivity contribution is -0.143. The first kappa shape index (κ1) is 21.9. The fraction of sp³-hybridized carbons (Fsp3) is 0.417. The molecule has 1 unspecified atom stereocenters. The van der Waals surface area contributed by atoms with Crippen LogP contribution in [-0.4, -0.2) is 56.5 Å². The maximum atomic E-state index is 11.6. The molecule has 0 radical (unpaired) electrons. The van der Waals surface area contributed by atoms with E-state index in [-0.39, 0.29) is 18.4 Å². The Morgan fingerprint density at radius 2 is 2.15 bits per heavy atom. The third-order valence-corrected chi connectivity index (χ3v) is 6.52. The van der Waals surface area contributed by atoms with Crippen LogP contribution in [0, 0.1) is 0 Å². The summed E-state index contributed by atoms with van der Waals surface area (Å²) in [5.41, 5.74) is 2.63. The summed E-state index contributed by atoms with van der Waals surface area (Å²) >= 11 is 6.61. The normalized spacial score (nSPS) is 19.0. The van der Waals surface area contributed by atoms with Crippen molar-refractivity contribution in [3.63, 3.8) is 0 Å². The second-order valence-electron chi connectivity index (χ2n) is 8.30. The largest absolute Gasteiger partial charge is 0.466 e. The molecule has 0 spiro atoms. The Kier molecular flexibility index (Phi) is 6.28. The van der Waals surface area contributed by atoms with Crippen molar-refractivity contribution in [2.75, 3.05) is 19.7 Å². The molecule has 1 aliphatic heterocycles. The molecule has 5 rings (SSSR count). The van der Waals surface area contributed by atoms with Crippen LogP contribution >= 0.6 is 11.6 Å². The van der Waals surface area contributed by atoms with Crippen LogP contribution in [-0.2, 0) is 16.1 Å². The summed E-state index contributed by atoms with van der Waals surface area (Å²) in [6, 6.07) is 6.11. The highest BCUT2D eigenvalue weighted by molar-refractivity contribution is 6.31. The molecule has 0 N–H and O–H groups in total. The first-order valence-electron chi connectivity index (χ1n) is 11.4. The summed E-state index contributed by atoms with van der Waals surface area (Å²) < 4.78 is 12.3. The fourth-order valence-corrected chi connectivity index (χ4v) is 4.82. The van der Waals surface area contributed by atoms with E-state index < -0.39 is 0 Å². The Morgan fingerprint density at radius 1 is 1.30 bits per heavy atom. The maximum absolute atomic E-state index is 11.6. The van der Waals surface area contributed by atoms with Crippen LogP contribution in [0.2, 0.25) is 0 Å². The fourth-order valence-electron chi connectivity index (χ4n) is 4.47. The summed E-state index contributed by atoms with van der Waals surface area (Å²) in [6.07, 6.45) is 9.45. The molecule has 9 heteroatoms. The zero-order valence-corrected chi connectivity index (χ0v) is 19.3. The van der Waals surface area contributed by atoms with Gasteiger partial charge in [-0.2, -0.15) is 10.1 Å². The second-order valence-corrected chi connectivity index (χ2v) is 8.74. The van der Waals surface area contributed by atoms with Crippen molar-refractivity contribution in [3.05, 3.63) is 47.5 Å². The Balaban J connectivity index is 1.30. The zero-order valence-electron chi connectivity index (χ0n) is 18.5. The molecular weight excluding hydrogens is 442 g/mol. The number of carbonyl (C=O) groups is 1. The van der Waals surface area contributed by atoms with E-state index in [1.165, 1.54) is 12.8 Å². The number of aromatic nitrogens is 4. The van der Waals surface area contributed by atoms with Crippen molar-refractivity contribution in [3.8, 4) is 11.4 Å². The predicted octanol–water partition coefficient (Wildman–Crippen LogP) is 4.41. The molecule has 1 atom stereocenters. The smallest absolute Gasteiger partial charge is 0.307 e. The summed E-state index contributed by atoms with van der Waals surface area (Å²) in [5.74, 6) is 0.751. The average molecular weight is 468 g/mol. The number of hydrogen-bond donors (Lipinski definition) is 0. The number of halogens is 1. The van der Waals surface area contributed by atoms with Crippen LogP contribution in [0.15, 0.2) is 46.1 Å². The number of carbonyl (C=O) groups excluding carboxylic acids is 1. The van der Waals surface area contributed by atoms with Crippen LogP contribution in [0.5, 0.6) is 0 Å². The molecule has 2 aromatic heterocycles. The van der Waals surface area contributed by atoms with E-state index >= 15 is 0 Å². The Hall–Kier alpha value is -2.97. The second kappa shape index (κ2) is 9.49. The molecule has 3 heterocycles. The molecular formula is C24H26ClN5O3. The van der Waals surface area contributed by atoms with Gasteiger partial charge in [-0.3, -0.25) is 14.4 Å². The third-order valence-electron chi connectivity index (χ3n) is 6.16. The zero-order chi connectivity index (χ0) is 22.8. The van der Waals surface area contributed by atoms with Crippen LogP contribution in [0.1, 0.15) is 38.5 Å². The van der Waals surface area contributed by atoms with Crippen LogP contribution in [0.25, 0.3) is 27.9 Å².